The maximum absolute atomic E-state index is 13.0. The summed E-state index contributed by atoms with van der Waals surface area (Å²) in [4.78, 5) is 14.6. The molecule has 0 saturated carbocycles. The topological polar surface area (TPSA) is 86.4 Å². The largest absolute Gasteiger partial charge is 0.335 e. The van der Waals surface area contributed by atoms with Gasteiger partial charge in [0.05, 0.1) is 9.37 Å². The van der Waals surface area contributed by atoms with Crippen molar-refractivity contribution >= 4 is 42.6 Å². The van der Waals surface area contributed by atoms with Gasteiger partial charge in [-0.1, -0.05) is 30.3 Å². The van der Waals surface area contributed by atoms with Crippen molar-refractivity contribution < 1.29 is 13.2 Å². The number of carbonyl (C=O) groups excluding carboxylic acids is 1. The summed E-state index contributed by atoms with van der Waals surface area (Å²) < 4.78 is 28.1. The Hall–Kier alpha value is -2.23. The van der Waals surface area contributed by atoms with Gasteiger partial charge in [-0.25, -0.2) is 8.42 Å². The van der Waals surface area contributed by atoms with Gasteiger partial charge in [-0.05, 0) is 45.8 Å². The molecule has 0 atom stereocenters. The second-order valence-electron chi connectivity index (χ2n) is 6.72. The van der Waals surface area contributed by atoms with Gasteiger partial charge < -0.3 is 4.90 Å². The molecule has 1 saturated heterocycles. The van der Waals surface area contributed by atoms with Crippen LogP contribution in [0.15, 0.2) is 51.8 Å². The normalized spacial score (nSPS) is 15.9. The number of piperazine rings is 1. The molecule has 1 amide bonds. The van der Waals surface area contributed by atoms with E-state index in [4.69, 9.17) is 0 Å². The number of carbonyl (C=O) groups is 1. The lowest BCUT2D eigenvalue weighted by Gasteiger charge is -2.33. The number of hydrogen-bond donors (Lipinski definition) is 1. The molecule has 0 unspecified atom stereocenters. The molecular weight excluding hydrogens is 444 g/mol. The highest BCUT2D eigenvalue weighted by Crippen LogP contribution is 2.24. The van der Waals surface area contributed by atoms with E-state index >= 15 is 0 Å². The van der Waals surface area contributed by atoms with Gasteiger partial charge in [0.1, 0.15) is 0 Å². The summed E-state index contributed by atoms with van der Waals surface area (Å²) in [5.74, 6) is -0.209. The van der Waals surface area contributed by atoms with Crippen LogP contribution in [-0.2, 0) is 10.0 Å². The molecule has 2 aromatic carbocycles. The number of hydrogen-bond acceptors (Lipinski definition) is 4. The number of H-pyrrole nitrogens is 1. The summed E-state index contributed by atoms with van der Waals surface area (Å²) in [6.07, 6.45) is 0. The smallest absolute Gasteiger partial charge is 0.275 e. The van der Waals surface area contributed by atoms with E-state index < -0.39 is 10.0 Å². The fraction of sp³-hybridized carbons (Fsp3) is 0.263. The van der Waals surface area contributed by atoms with Crippen LogP contribution >= 0.6 is 15.9 Å². The van der Waals surface area contributed by atoms with Crippen LogP contribution in [0.1, 0.15) is 16.2 Å². The van der Waals surface area contributed by atoms with Gasteiger partial charge in [0, 0.05) is 31.9 Å². The number of aryl methyl sites for hydroxylation is 1. The van der Waals surface area contributed by atoms with Crippen LogP contribution in [0.25, 0.3) is 10.8 Å². The number of nitrogens with one attached hydrogen (secondary N) is 1. The highest BCUT2D eigenvalue weighted by atomic mass is 79.9. The van der Waals surface area contributed by atoms with Crippen molar-refractivity contribution in [2.75, 3.05) is 26.2 Å². The van der Waals surface area contributed by atoms with E-state index in [1.54, 1.807) is 17.0 Å². The molecule has 1 aromatic heterocycles. The third-order valence-electron chi connectivity index (χ3n) is 4.96. The third-order valence-corrected chi connectivity index (χ3v) is 7.82. The maximum atomic E-state index is 13.0. The number of amides is 1. The lowest BCUT2D eigenvalue weighted by Crippen LogP contribution is -2.50. The molecule has 2 heterocycles. The number of rotatable bonds is 3. The van der Waals surface area contributed by atoms with Gasteiger partial charge >= 0.3 is 0 Å². The first-order chi connectivity index (χ1) is 13.4. The van der Waals surface area contributed by atoms with E-state index in [2.05, 4.69) is 26.1 Å². The molecule has 1 N–H and O–H groups in total. The number of halogens is 1. The minimum Gasteiger partial charge on any atom is -0.335 e. The van der Waals surface area contributed by atoms with Crippen molar-refractivity contribution in [2.24, 2.45) is 0 Å². The first-order valence-corrected chi connectivity index (χ1v) is 11.1. The fourth-order valence-electron chi connectivity index (χ4n) is 3.32. The quantitative estimate of drug-likeness (QED) is 0.648. The molecule has 3 aromatic rings. The average Bonchev–Trinajstić information content (AvgIpc) is 3.05. The molecule has 0 bridgehead atoms. The monoisotopic (exact) mass is 462 g/mol. The van der Waals surface area contributed by atoms with Gasteiger partial charge in [0.2, 0.25) is 10.0 Å². The Balaban J connectivity index is 1.50. The Morgan fingerprint density at radius 3 is 2.39 bits per heavy atom. The van der Waals surface area contributed by atoms with Crippen LogP contribution in [0.5, 0.6) is 0 Å². The minimum absolute atomic E-state index is 0.209. The van der Waals surface area contributed by atoms with E-state index in [-0.39, 0.29) is 23.9 Å². The predicted octanol–water partition coefficient (Wildman–Crippen LogP) is 2.78. The van der Waals surface area contributed by atoms with Gasteiger partial charge in [-0.2, -0.15) is 9.40 Å². The Labute approximate surface area is 171 Å². The fourth-order valence-corrected chi connectivity index (χ4v) is 5.12. The van der Waals surface area contributed by atoms with Gasteiger partial charge in [0.25, 0.3) is 5.91 Å². The number of sulfonamides is 1. The molecule has 0 radical (unpaired) electrons. The summed E-state index contributed by atoms with van der Waals surface area (Å²) in [7, 11) is -3.61. The predicted molar refractivity (Wildman–Crippen MR) is 110 cm³/mol. The highest BCUT2D eigenvalue weighted by molar-refractivity contribution is 9.10. The zero-order valence-electron chi connectivity index (χ0n) is 15.2. The lowest BCUT2D eigenvalue weighted by molar-refractivity contribution is 0.0691. The first kappa shape index (κ1) is 19.1. The molecule has 28 heavy (non-hydrogen) atoms. The number of aromatic nitrogens is 2. The van der Waals surface area contributed by atoms with E-state index in [0.29, 0.717) is 23.3 Å². The van der Waals surface area contributed by atoms with Crippen molar-refractivity contribution in [3.8, 4) is 0 Å². The van der Waals surface area contributed by atoms with Crippen LogP contribution in [0, 0.1) is 6.92 Å². The lowest BCUT2D eigenvalue weighted by atomic mass is 10.1. The van der Waals surface area contributed by atoms with Gasteiger partial charge in [-0.15, -0.1) is 0 Å². The second kappa shape index (κ2) is 7.31. The number of nitrogens with zero attached hydrogens (tertiary/aromatic N) is 3. The number of fused-ring (bicyclic) bond motifs is 1. The molecule has 1 aliphatic heterocycles. The van der Waals surface area contributed by atoms with Crippen molar-refractivity contribution in [1.82, 2.24) is 19.4 Å². The summed E-state index contributed by atoms with van der Waals surface area (Å²) in [6, 6.07) is 12.8. The molecule has 1 fully saturated rings. The van der Waals surface area contributed by atoms with Gasteiger partial charge in [-0.3, -0.25) is 9.89 Å². The van der Waals surface area contributed by atoms with Gasteiger partial charge in [0.15, 0.2) is 5.69 Å². The van der Waals surface area contributed by atoms with Crippen LogP contribution in [-0.4, -0.2) is 59.9 Å². The summed E-state index contributed by atoms with van der Waals surface area (Å²) in [5.41, 5.74) is 1.10. The SMILES string of the molecule is Cc1[nH]nc(C(=O)N2CCN(S(=O)(=O)c3ccc4ccccc4c3)CC2)c1Br. The first-order valence-electron chi connectivity index (χ1n) is 8.86. The Morgan fingerprint density at radius 1 is 1.07 bits per heavy atom. The molecule has 7 nitrogen and oxygen atoms in total. The van der Waals surface area contributed by atoms with Crippen LogP contribution < -0.4 is 0 Å². The van der Waals surface area contributed by atoms with E-state index in [0.717, 1.165) is 16.5 Å². The van der Waals surface area contributed by atoms with Crippen molar-refractivity contribution in [3.05, 3.63) is 58.3 Å². The molecule has 0 spiro atoms. The van der Waals surface area contributed by atoms with E-state index in [1.807, 2.05) is 37.3 Å². The molecule has 0 aliphatic carbocycles. The Morgan fingerprint density at radius 2 is 1.75 bits per heavy atom. The third kappa shape index (κ3) is 3.34. The average molecular weight is 463 g/mol. The molecule has 4 rings (SSSR count). The molecule has 9 heteroatoms. The van der Waals surface area contributed by atoms with Crippen molar-refractivity contribution in [2.45, 2.75) is 11.8 Å². The standard InChI is InChI=1S/C19H19BrN4O3S/c1-13-17(20)18(22-21-13)19(25)23-8-10-24(11-9-23)28(26,27)16-7-6-14-4-2-3-5-15(14)12-16/h2-7,12H,8-11H2,1H3,(H,21,22). The zero-order chi connectivity index (χ0) is 19.9. The summed E-state index contributed by atoms with van der Waals surface area (Å²) in [5, 5.41) is 8.70. The van der Waals surface area contributed by atoms with Crippen LogP contribution in [0.2, 0.25) is 0 Å². The minimum atomic E-state index is -3.61. The van der Waals surface area contributed by atoms with Crippen molar-refractivity contribution in [3.63, 3.8) is 0 Å². The van der Waals surface area contributed by atoms with E-state index in [9.17, 15) is 13.2 Å². The van der Waals surface area contributed by atoms with Crippen molar-refractivity contribution in [1.29, 1.82) is 0 Å². The number of benzene rings is 2. The summed E-state index contributed by atoms with van der Waals surface area (Å²) >= 11 is 3.36. The zero-order valence-corrected chi connectivity index (χ0v) is 17.6. The van der Waals surface area contributed by atoms with Crippen LogP contribution in [0.3, 0.4) is 0 Å². The molecule has 146 valence electrons. The number of aromatic amines is 1. The molecular formula is C19H19BrN4O3S. The van der Waals surface area contributed by atoms with E-state index in [1.165, 1.54) is 4.31 Å². The highest BCUT2D eigenvalue weighted by Gasteiger charge is 2.32. The Bertz CT molecular complexity index is 1150. The second-order valence-corrected chi connectivity index (χ2v) is 9.45. The molecule has 1 aliphatic rings. The Kier molecular flexibility index (Phi) is 4.98. The summed E-state index contributed by atoms with van der Waals surface area (Å²) in [6.45, 7) is 2.97. The maximum Gasteiger partial charge on any atom is 0.275 e. The van der Waals surface area contributed by atoms with Crippen LogP contribution in [0.4, 0.5) is 0 Å².